The van der Waals surface area contributed by atoms with Crippen LogP contribution in [0.1, 0.15) is 5.56 Å². The molecule has 0 bridgehead atoms. The van der Waals surface area contributed by atoms with Crippen molar-refractivity contribution in [1.29, 1.82) is 0 Å². The molecule has 0 saturated heterocycles. The van der Waals surface area contributed by atoms with Crippen molar-refractivity contribution in [2.75, 3.05) is 12.4 Å². The number of ether oxygens (including phenoxy) is 1. The Morgan fingerprint density at radius 3 is 2.80 bits per heavy atom. The molecule has 148 valence electrons. The van der Waals surface area contributed by atoms with E-state index in [4.69, 9.17) is 9.15 Å². The summed E-state index contributed by atoms with van der Waals surface area (Å²) in [7, 11) is 1.61. The largest absolute Gasteiger partial charge is 0.497 e. The molecule has 3 aromatic carbocycles. The summed E-state index contributed by atoms with van der Waals surface area (Å²) in [5.74, 6) is 1.30. The molecule has 1 amide bonds. The number of methoxy groups -OCH3 is 1. The van der Waals surface area contributed by atoms with Gasteiger partial charge in [0.2, 0.25) is 5.91 Å². The van der Waals surface area contributed by atoms with Crippen molar-refractivity contribution in [3.05, 3.63) is 78.6 Å². The molecule has 6 heteroatoms. The number of carbonyl (C=O) groups is 1. The minimum Gasteiger partial charge on any atom is -0.497 e. The van der Waals surface area contributed by atoms with Crippen molar-refractivity contribution in [3.63, 3.8) is 0 Å². The van der Waals surface area contributed by atoms with Crippen LogP contribution in [0.2, 0.25) is 0 Å². The van der Waals surface area contributed by atoms with Gasteiger partial charge in [-0.2, -0.15) is 0 Å². The second kappa shape index (κ2) is 7.40. The number of aromatic amines is 1. The number of H-pyrrole nitrogens is 1. The minimum atomic E-state index is -0.128. The Bertz CT molecular complexity index is 1330. The van der Waals surface area contributed by atoms with E-state index >= 15 is 0 Å². The maximum absolute atomic E-state index is 12.8. The van der Waals surface area contributed by atoms with Gasteiger partial charge in [-0.3, -0.25) is 4.79 Å². The van der Waals surface area contributed by atoms with Crippen molar-refractivity contribution in [3.8, 4) is 17.1 Å². The van der Waals surface area contributed by atoms with Gasteiger partial charge in [0, 0.05) is 22.6 Å². The van der Waals surface area contributed by atoms with Crippen LogP contribution in [0.25, 0.3) is 33.4 Å². The number of para-hydroxylation sites is 3. The molecular weight excluding hydrogens is 378 g/mol. The highest BCUT2D eigenvalue weighted by Crippen LogP contribution is 2.29. The quantitative estimate of drug-likeness (QED) is 0.429. The van der Waals surface area contributed by atoms with E-state index in [9.17, 15) is 4.79 Å². The first-order valence-electron chi connectivity index (χ1n) is 9.59. The molecule has 2 aromatic heterocycles. The number of carbonyl (C=O) groups excluding carboxylic acids is 1. The fraction of sp³-hybridized carbons (Fsp3) is 0.0833. The highest BCUT2D eigenvalue weighted by molar-refractivity contribution is 5.98. The summed E-state index contributed by atoms with van der Waals surface area (Å²) in [6.45, 7) is 0. The zero-order valence-electron chi connectivity index (χ0n) is 16.3. The van der Waals surface area contributed by atoms with Crippen LogP contribution < -0.4 is 10.1 Å². The lowest BCUT2D eigenvalue weighted by Gasteiger charge is -2.09. The van der Waals surface area contributed by atoms with Gasteiger partial charge in [0.25, 0.3) is 0 Å². The Labute approximate surface area is 172 Å². The number of rotatable bonds is 5. The van der Waals surface area contributed by atoms with Gasteiger partial charge in [-0.05, 0) is 36.4 Å². The van der Waals surface area contributed by atoms with Crippen LogP contribution in [0.3, 0.4) is 0 Å². The van der Waals surface area contributed by atoms with Crippen molar-refractivity contribution >= 4 is 33.6 Å². The number of hydrogen-bond donors (Lipinski definition) is 2. The van der Waals surface area contributed by atoms with E-state index in [-0.39, 0.29) is 12.3 Å². The third kappa shape index (κ3) is 3.28. The van der Waals surface area contributed by atoms with Gasteiger partial charge in [0.05, 0.1) is 36.5 Å². The number of hydrogen-bond acceptors (Lipinski definition) is 4. The highest BCUT2D eigenvalue weighted by atomic mass is 16.5. The molecule has 0 aliphatic heterocycles. The molecule has 2 heterocycles. The van der Waals surface area contributed by atoms with Gasteiger partial charge in [-0.25, -0.2) is 4.98 Å². The SMILES string of the molecule is COc1ccc2c(CC(=O)Nc3ccccc3-c3nc4ccccc4[nH]3)coc2c1. The number of fused-ring (bicyclic) bond motifs is 2. The standard InChI is InChI=1S/C24H19N3O3/c1-29-16-10-11-17-15(14-30-22(17)13-16)12-23(28)25-19-7-3-2-6-18(19)24-26-20-8-4-5-9-21(20)27-24/h2-11,13-14H,12H2,1H3,(H,25,28)(H,26,27). The van der Waals surface area contributed by atoms with Crippen LogP contribution in [-0.4, -0.2) is 23.0 Å². The topological polar surface area (TPSA) is 80.1 Å². The predicted molar refractivity (Wildman–Crippen MR) is 117 cm³/mol. The van der Waals surface area contributed by atoms with Crippen LogP contribution >= 0.6 is 0 Å². The van der Waals surface area contributed by atoms with Crippen LogP contribution in [0.5, 0.6) is 5.75 Å². The molecule has 0 fully saturated rings. The van der Waals surface area contributed by atoms with Gasteiger partial charge in [-0.15, -0.1) is 0 Å². The van der Waals surface area contributed by atoms with Crippen LogP contribution in [0.4, 0.5) is 5.69 Å². The second-order valence-corrected chi connectivity index (χ2v) is 7.00. The number of imidazole rings is 1. The lowest BCUT2D eigenvalue weighted by molar-refractivity contribution is -0.115. The molecule has 6 nitrogen and oxygen atoms in total. The summed E-state index contributed by atoms with van der Waals surface area (Å²) in [5, 5.41) is 3.91. The van der Waals surface area contributed by atoms with E-state index in [2.05, 4.69) is 15.3 Å². The van der Waals surface area contributed by atoms with E-state index in [1.54, 1.807) is 13.4 Å². The van der Waals surface area contributed by atoms with E-state index in [1.165, 1.54) is 0 Å². The maximum Gasteiger partial charge on any atom is 0.228 e. The Hall–Kier alpha value is -4.06. The number of nitrogens with one attached hydrogen (secondary N) is 2. The van der Waals surface area contributed by atoms with Gasteiger partial charge < -0.3 is 19.5 Å². The first kappa shape index (κ1) is 18.0. The molecule has 0 aliphatic carbocycles. The summed E-state index contributed by atoms with van der Waals surface area (Å²) < 4.78 is 10.8. The molecule has 0 atom stereocenters. The molecule has 0 aliphatic rings. The Morgan fingerprint density at radius 1 is 1.10 bits per heavy atom. The van der Waals surface area contributed by atoms with E-state index < -0.39 is 0 Å². The van der Waals surface area contributed by atoms with Crippen LogP contribution in [-0.2, 0) is 11.2 Å². The first-order chi connectivity index (χ1) is 14.7. The smallest absolute Gasteiger partial charge is 0.228 e. The lowest BCUT2D eigenvalue weighted by Crippen LogP contribution is -2.14. The molecule has 0 saturated carbocycles. The first-order valence-corrected chi connectivity index (χ1v) is 9.59. The third-order valence-electron chi connectivity index (χ3n) is 5.06. The van der Waals surface area contributed by atoms with Gasteiger partial charge in [-0.1, -0.05) is 24.3 Å². The van der Waals surface area contributed by atoms with Crippen molar-refractivity contribution in [1.82, 2.24) is 9.97 Å². The summed E-state index contributed by atoms with van der Waals surface area (Å²) >= 11 is 0. The molecule has 0 unspecified atom stereocenters. The molecule has 0 radical (unpaired) electrons. The van der Waals surface area contributed by atoms with Crippen molar-refractivity contribution in [2.45, 2.75) is 6.42 Å². The van der Waals surface area contributed by atoms with E-state index in [0.29, 0.717) is 22.8 Å². The molecule has 2 N–H and O–H groups in total. The fourth-order valence-corrected chi connectivity index (χ4v) is 3.57. The summed E-state index contributed by atoms with van der Waals surface area (Å²) in [6, 6.07) is 21.0. The maximum atomic E-state index is 12.8. The van der Waals surface area contributed by atoms with Crippen LogP contribution in [0.15, 0.2) is 77.4 Å². The summed E-state index contributed by atoms with van der Waals surface area (Å²) in [6.07, 6.45) is 1.82. The highest BCUT2D eigenvalue weighted by Gasteiger charge is 2.15. The van der Waals surface area contributed by atoms with E-state index in [1.807, 2.05) is 66.7 Å². The Kier molecular flexibility index (Phi) is 4.44. The fourth-order valence-electron chi connectivity index (χ4n) is 3.57. The molecule has 30 heavy (non-hydrogen) atoms. The number of nitrogens with zero attached hydrogens (tertiary/aromatic N) is 1. The van der Waals surface area contributed by atoms with Crippen molar-refractivity contribution < 1.29 is 13.9 Å². The summed E-state index contributed by atoms with van der Waals surface area (Å²) in [4.78, 5) is 20.8. The monoisotopic (exact) mass is 397 g/mol. The van der Waals surface area contributed by atoms with Gasteiger partial charge in [0.15, 0.2) is 0 Å². The Balaban J connectivity index is 1.40. The van der Waals surface area contributed by atoms with Gasteiger partial charge in [0.1, 0.15) is 17.2 Å². The molecular formula is C24H19N3O3. The number of furan rings is 1. The number of benzene rings is 3. The predicted octanol–water partition coefficient (Wildman–Crippen LogP) is 5.17. The average molecular weight is 397 g/mol. The van der Waals surface area contributed by atoms with Crippen LogP contribution in [0, 0.1) is 0 Å². The number of amides is 1. The molecule has 5 aromatic rings. The van der Waals surface area contributed by atoms with E-state index in [0.717, 1.165) is 27.5 Å². The zero-order chi connectivity index (χ0) is 20.5. The molecule has 5 rings (SSSR count). The minimum absolute atomic E-state index is 0.128. The normalized spacial score (nSPS) is 11.1. The van der Waals surface area contributed by atoms with Crippen molar-refractivity contribution in [2.24, 2.45) is 0 Å². The third-order valence-corrected chi connectivity index (χ3v) is 5.06. The second-order valence-electron chi connectivity index (χ2n) is 7.00. The number of anilines is 1. The Morgan fingerprint density at radius 2 is 1.93 bits per heavy atom. The van der Waals surface area contributed by atoms with Gasteiger partial charge >= 0.3 is 0 Å². The zero-order valence-corrected chi connectivity index (χ0v) is 16.3. The number of aromatic nitrogens is 2. The summed E-state index contributed by atoms with van der Waals surface area (Å²) in [5.41, 5.74) is 4.90. The lowest BCUT2D eigenvalue weighted by atomic mass is 10.1. The molecule has 0 spiro atoms. The average Bonchev–Trinajstić information content (AvgIpc) is 3.37.